The molecule has 5 nitrogen and oxygen atoms in total. The molecule has 0 spiro atoms. The zero-order chi connectivity index (χ0) is 14.0. The Kier molecular flexibility index (Phi) is 5.74. The third-order valence-electron chi connectivity index (χ3n) is 2.62. The molecule has 2 rings (SSSR count). The Morgan fingerprint density at radius 2 is 2.15 bits per heavy atom. The first-order valence-electron chi connectivity index (χ1n) is 5.74. The minimum Gasteiger partial charge on any atom is -0.405 e. The van der Waals surface area contributed by atoms with Crippen LogP contribution in [0.5, 0.6) is 11.8 Å². The summed E-state index contributed by atoms with van der Waals surface area (Å²) in [6.45, 7) is 3.46. The van der Waals surface area contributed by atoms with Gasteiger partial charge in [0.2, 0.25) is 5.89 Å². The molecule has 0 saturated heterocycles. The Morgan fingerprint density at radius 1 is 1.45 bits per heavy atom. The van der Waals surface area contributed by atoms with Crippen molar-refractivity contribution in [3.05, 3.63) is 34.4 Å². The fourth-order valence-corrected chi connectivity index (χ4v) is 1.74. The lowest BCUT2D eigenvalue weighted by Crippen LogP contribution is -2.11. The van der Waals surface area contributed by atoms with Gasteiger partial charge in [0.15, 0.2) is 11.6 Å². The minimum absolute atomic E-state index is 0. The summed E-state index contributed by atoms with van der Waals surface area (Å²) in [6, 6.07) is 2.63. The van der Waals surface area contributed by atoms with Gasteiger partial charge in [-0.25, -0.2) is 4.39 Å². The molecule has 110 valence electrons. The molecule has 1 atom stereocenters. The standard InChI is InChI=1S/C12H13ClFN3O2.ClH/c1-3-9(15)7-4-5-8(13)11(10(7)14)19-12-17-16-6(2)18-12;/h4-5,9H,3,15H2,1-2H3;1H/t9-;/m1./s1. The van der Waals surface area contributed by atoms with Crippen molar-refractivity contribution in [3.8, 4) is 11.8 Å². The van der Waals surface area contributed by atoms with Crippen LogP contribution in [-0.4, -0.2) is 10.2 Å². The van der Waals surface area contributed by atoms with E-state index in [1.165, 1.54) is 12.1 Å². The summed E-state index contributed by atoms with van der Waals surface area (Å²) in [7, 11) is 0. The van der Waals surface area contributed by atoms with Crippen LogP contribution in [0.3, 0.4) is 0 Å². The summed E-state index contributed by atoms with van der Waals surface area (Å²) >= 11 is 5.91. The molecule has 20 heavy (non-hydrogen) atoms. The molecule has 1 aromatic carbocycles. The Balaban J connectivity index is 0.00000200. The number of nitrogens with two attached hydrogens (primary N) is 1. The second-order valence-corrected chi connectivity index (χ2v) is 4.39. The van der Waals surface area contributed by atoms with E-state index in [9.17, 15) is 4.39 Å². The summed E-state index contributed by atoms with van der Waals surface area (Å²) in [4.78, 5) is 0. The number of hydrogen-bond donors (Lipinski definition) is 1. The van der Waals surface area contributed by atoms with Crippen LogP contribution in [0.15, 0.2) is 16.5 Å². The zero-order valence-electron chi connectivity index (χ0n) is 10.9. The highest BCUT2D eigenvalue weighted by molar-refractivity contribution is 6.32. The van der Waals surface area contributed by atoms with Gasteiger partial charge in [-0.2, -0.15) is 0 Å². The van der Waals surface area contributed by atoms with E-state index in [0.29, 0.717) is 17.9 Å². The molecule has 0 amide bonds. The Hall–Kier alpha value is -1.37. The van der Waals surface area contributed by atoms with Crippen LogP contribution in [0.25, 0.3) is 0 Å². The van der Waals surface area contributed by atoms with Gasteiger partial charge in [-0.15, -0.1) is 17.5 Å². The zero-order valence-corrected chi connectivity index (χ0v) is 12.5. The maximum atomic E-state index is 14.3. The molecule has 0 bridgehead atoms. The molecule has 1 aromatic heterocycles. The molecule has 0 aliphatic rings. The summed E-state index contributed by atoms with van der Waals surface area (Å²) in [5, 5.41) is 7.32. The van der Waals surface area contributed by atoms with Gasteiger partial charge >= 0.3 is 6.08 Å². The molecule has 0 aliphatic carbocycles. The van der Waals surface area contributed by atoms with E-state index in [4.69, 9.17) is 26.5 Å². The average molecular weight is 322 g/mol. The molecule has 0 aliphatic heterocycles. The number of ether oxygens (including phenoxy) is 1. The van der Waals surface area contributed by atoms with Crippen LogP contribution in [0.2, 0.25) is 5.02 Å². The minimum atomic E-state index is -0.613. The van der Waals surface area contributed by atoms with Crippen molar-refractivity contribution in [1.82, 2.24) is 10.2 Å². The van der Waals surface area contributed by atoms with E-state index in [1.54, 1.807) is 6.92 Å². The normalized spacial score (nSPS) is 11.8. The molecule has 1 heterocycles. The first-order chi connectivity index (χ1) is 9.02. The number of nitrogens with zero attached hydrogens (tertiary/aromatic N) is 2. The van der Waals surface area contributed by atoms with Crippen LogP contribution in [-0.2, 0) is 0 Å². The van der Waals surface area contributed by atoms with E-state index in [-0.39, 0.29) is 29.3 Å². The lowest BCUT2D eigenvalue weighted by molar-refractivity contribution is 0.310. The summed E-state index contributed by atoms with van der Waals surface area (Å²) in [6.07, 6.45) is 0.429. The Bertz CT molecular complexity index is 592. The van der Waals surface area contributed by atoms with Gasteiger partial charge in [0.1, 0.15) is 0 Å². The van der Waals surface area contributed by atoms with E-state index in [1.807, 2.05) is 6.92 Å². The topological polar surface area (TPSA) is 74.2 Å². The van der Waals surface area contributed by atoms with Gasteiger partial charge in [0.05, 0.1) is 5.02 Å². The highest BCUT2D eigenvalue weighted by Crippen LogP contribution is 2.35. The average Bonchev–Trinajstić information content (AvgIpc) is 2.79. The van der Waals surface area contributed by atoms with Gasteiger partial charge in [0.25, 0.3) is 0 Å². The number of aryl methyl sites for hydroxylation is 1. The molecule has 0 fully saturated rings. The first kappa shape index (κ1) is 16.7. The largest absolute Gasteiger partial charge is 0.420 e. The summed E-state index contributed by atoms with van der Waals surface area (Å²) in [5.74, 6) is -0.461. The van der Waals surface area contributed by atoms with Crippen molar-refractivity contribution in [3.63, 3.8) is 0 Å². The Labute approximate surface area is 126 Å². The molecule has 0 saturated carbocycles. The van der Waals surface area contributed by atoms with Crippen molar-refractivity contribution >= 4 is 24.0 Å². The quantitative estimate of drug-likeness (QED) is 0.927. The van der Waals surface area contributed by atoms with E-state index in [2.05, 4.69) is 10.2 Å². The SMILES string of the molecule is CC[C@@H](N)c1ccc(Cl)c(Oc2nnc(C)o2)c1F.Cl. The monoisotopic (exact) mass is 321 g/mol. The molecule has 0 radical (unpaired) electrons. The van der Waals surface area contributed by atoms with Crippen LogP contribution >= 0.6 is 24.0 Å². The lowest BCUT2D eigenvalue weighted by Gasteiger charge is -2.13. The predicted octanol–water partition coefficient (Wildman–Crippen LogP) is 3.79. The number of benzene rings is 1. The van der Waals surface area contributed by atoms with Gasteiger partial charge in [0, 0.05) is 18.5 Å². The molecule has 0 unspecified atom stereocenters. The van der Waals surface area contributed by atoms with E-state index >= 15 is 0 Å². The van der Waals surface area contributed by atoms with Crippen molar-refractivity contribution < 1.29 is 13.5 Å². The highest BCUT2D eigenvalue weighted by Gasteiger charge is 2.19. The van der Waals surface area contributed by atoms with Crippen LogP contribution in [0.4, 0.5) is 4.39 Å². The van der Waals surface area contributed by atoms with Crippen molar-refractivity contribution in [2.45, 2.75) is 26.3 Å². The highest BCUT2D eigenvalue weighted by atomic mass is 35.5. The number of hydrogen-bond acceptors (Lipinski definition) is 5. The van der Waals surface area contributed by atoms with Crippen LogP contribution in [0, 0.1) is 12.7 Å². The molecule has 8 heteroatoms. The smallest absolute Gasteiger partial charge is 0.405 e. The molecule has 2 aromatic rings. The number of rotatable bonds is 4. The second-order valence-electron chi connectivity index (χ2n) is 3.98. The fourth-order valence-electron chi connectivity index (χ4n) is 1.55. The maximum absolute atomic E-state index is 14.3. The lowest BCUT2D eigenvalue weighted by atomic mass is 10.0. The van der Waals surface area contributed by atoms with E-state index in [0.717, 1.165) is 0 Å². The maximum Gasteiger partial charge on any atom is 0.420 e. The second kappa shape index (κ2) is 6.88. The summed E-state index contributed by atoms with van der Waals surface area (Å²) in [5.41, 5.74) is 6.15. The number of halogens is 3. The third-order valence-corrected chi connectivity index (χ3v) is 2.91. The predicted molar refractivity (Wildman–Crippen MR) is 75.0 cm³/mol. The van der Waals surface area contributed by atoms with Gasteiger partial charge in [-0.3, -0.25) is 0 Å². The molecular weight excluding hydrogens is 308 g/mol. The first-order valence-corrected chi connectivity index (χ1v) is 6.12. The van der Waals surface area contributed by atoms with Gasteiger partial charge < -0.3 is 14.9 Å². The van der Waals surface area contributed by atoms with E-state index < -0.39 is 11.9 Å². The third kappa shape index (κ3) is 3.39. The molecular formula is C12H14Cl2FN3O2. The van der Waals surface area contributed by atoms with Crippen LogP contribution in [0.1, 0.15) is 30.8 Å². The van der Waals surface area contributed by atoms with Crippen molar-refractivity contribution in [2.24, 2.45) is 5.73 Å². The Morgan fingerprint density at radius 3 is 2.70 bits per heavy atom. The number of aromatic nitrogens is 2. The molecule has 2 N–H and O–H groups in total. The van der Waals surface area contributed by atoms with Gasteiger partial charge in [-0.05, 0) is 12.5 Å². The van der Waals surface area contributed by atoms with Crippen molar-refractivity contribution in [2.75, 3.05) is 0 Å². The van der Waals surface area contributed by atoms with Crippen LogP contribution < -0.4 is 10.5 Å². The van der Waals surface area contributed by atoms with Gasteiger partial charge in [-0.1, -0.05) is 29.7 Å². The van der Waals surface area contributed by atoms with Crippen molar-refractivity contribution in [1.29, 1.82) is 0 Å². The summed E-state index contributed by atoms with van der Waals surface area (Å²) < 4.78 is 24.5. The fraction of sp³-hybridized carbons (Fsp3) is 0.333.